The number of pyridine rings is 1. The van der Waals surface area contributed by atoms with Crippen molar-refractivity contribution in [3.8, 4) is 0 Å². The number of nitrogens with zero attached hydrogens (tertiary/aromatic N) is 3. The van der Waals surface area contributed by atoms with E-state index in [1.165, 1.54) is 0 Å². The van der Waals surface area contributed by atoms with Crippen LogP contribution in [-0.2, 0) is 10.0 Å². The van der Waals surface area contributed by atoms with Crippen molar-refractivity contribution in [1.82, 2.24) is 14.2 Å². The molecule has 8 heteroatoms. The van der Waals surface area contributed by atoms with E-state index in [0.717, 1.165) is 25.8 Å². The Hall–Kier alpha value is -1.22. The summed E-state index contributed by atoms with van der Waals surface area (Å²) in [6.07, 6.45) is 4.45. The highest BCUT2D eigenvalue weighted by atomic mass is 32.2. The third-order valence-electron chi connectivity index (χ3n) is 5.59. The van der Waals surface area contributed by atoms with E-state index in [4.69, 9.17) is 0 Å². The number of aliphatic hydroxyl groups excluding tert-OH is 1. The Morgan fingerprint density at radius 3 is 2.77 bits per heavy atom. The van der Waals surface area contributed by atoms with Crippen LogP contribution in [0.15, 0.2) is 23.2 Å². The molecule has 0 amide bonds. The van der Waals surface area contributed by atoms with Crippen molar-refractivity contribution in [1.29, 1.82) is 0 Å². The Kier molecular flexibility index (Phi) is 5.58. The zero-order chi connectivity index (χ0) is 18.9. The summed E-state index contributed by atoms with van der Waals surface area (Å²) in [5.74, 6) is 0.889. The monoisotopic (exact) mass is 382 g/mol. The summed E-state index contributed by atoms with van der Waals surface area (Å²) in [6.45, 7) is 3.74. The third-order valence-corrected chi connectivity index (χ3v) is 7.62. The van der Waals surface area contributed by atoms with Gasteiger partial charge < -0.3 is 15.3 Å². The maximum atomic E-state index is 13.3. The molecule has 26 heavy (non-hydrogen) atoms. The first-order valence-corrected chi connectivity index (χ1v) is 10.8. The van der Waals surface area contributed by atoms with Crippen LogP contribution in [0.25, 0.3) is 0 Å². The Bertz CT molecular complexity index is 732. The fourth-order valence-corrected chi connectivity index (χ4v) is 6.11. The van der Waals surface area contributed by atoms with Crippen molar-refractivity contribution >= 4 is 15.8 Å². The van der Waals surface area contributed by atoms with Gasteiger partial charge in [-0.3, -0.25) is 0 Å². The number of hydrogen-bond donors (Lipinski definition) is 2. The molecule has 2 N–H and O–H groups in total. The number of aromatic nitrogens is 1. The number of nitrogens with one attached hydrogen (secondary N) is 1. The van der Waals surface area contributed by atoms with Gasteiger partial charge in [-0.1, -0.05) is 6.92 Å². The zero-order valence-electron chi connectivity index (χ0n) is 15.9. The van der Waals surface area contributed by atoms with Crippen LogP contribution in [0.2, 0.25) is 0 Å². The molecule has 0 aromatic carbocycles. The molecule has 2 heterocycles. The number of rotatable bonds is 8. The Morgan fingerprint density at radius 2 is 2.19 bits per heavy atom. The van der Waals surface area contributed by atoms with E-state index in [9.17, 15) is 13.5 Å². The maximum Gasteiger partial charge on any atom is 0.247 e. The number of aliphatic hydroxyl groups is 1. The molecule has 2 aliphatic rings. The standard InChI is InChI=1S/C18H30N4O3S/c1-4-15(23)12-20-17-16(6-5-8-19-17)26(24,25)22-9-7-18(22)10-14(11-18)13-21(2)3/h5-6,8,14-15,23H,4,7,9-13H2,1-3H3,(H,19,20)/t14?,15-,18?/m0/s1. The second kappa shape index (κ2) is 7.42. The average Bonchev–Trinajstić information content (AvgIpc) is 2.53. The summed E-state index contributed by atoms with van der Waals surface area (Å²) < 4.78 is 28.2. The van der Waals surface area contributed by atoms with Crippen LogP contribution in [0.5, 0.6) is 0 Å². The largest absolute Gasteiger partial charge is 0.391 e. The van der Waals surface area contributed by atoms with Crippen molar-refractivity contribution in [2.45, 2.75) is 49.1 Å². The van der Waals surface area contributed by atoms with Crippen LogP contribution in [0.4, 0.5) is 5.82 Å². The molecule has 0 bridgehead atoms. The van der Waals surface area contributed by atoms with Crippen LogP contribution in [-0.4, -0.2) is 73.1 Å². The van der Waals surface area contributed by atoms with Crippen molar-refractivity contribution in [2.75, 3.05) is 39.0 Å². The van der Waals surface area contributed by atoms with E-state index < -0.39 is 16.1 Å². The lowest BCUT2D eigenvalue weighted by Gasteiger charge is -2.60. The van der Waals surface area contributed by atoms with Crippen LogP contribution < -0.4 is 5.32 Å². The van der Waals surface area contributed by atoms with Crippen LogP contribution in [0, 0.1) is 5.92 Å². The molecule has 0 unspecified atom stereocenters. The van der Waals surface area contributed by atoms with Crippen molar-refractivity contribution in [3.05, 3.63) is 18.3 Å². The topological polar surface area (TPSA) is 85.8 Å². The van der Waals surface area contributed by atoms with Gasteiger partial charge in [0.25, 0.3) is 0 Å². The van der Waals surface area contributed by atoms with Gasteiger partial charge in [0.2, 0.25) is 10.0 Å². The van der Waals surface area contributed by atoms with Gasteiger partial charge in [-0.15, -0.1) is 0 Å². The molecular formula is C18H30N4O3S. The van der Waals surface area contributed by atoms with Gasteiger partial charge in [0.05, 0.1) is 6.10 Å². The van der Waals surface area contributed by atoms with E-state index >= 15 is 0 Å². The van der Waals surface area contributed by atoms with Crippen molar-refractivity contribution in [2.24, 2.45) is 5.92 Å². The predicted molar refractivity (Wildman–Crippen MR) is 102 cm³/mol. The normalized spacial score (nSPS) is 27.2. The highest BCUT2D eigenvalue weighted by Crippen LogP contribution is 2.53. The summed E-state index contributed by atoms with van der Waals surface area (Å²) in [4.78, 5) is 6.57. The van der Waals surface area contributed by atoms with Crippen LogP contribution in [0.3, 0.4) is 0 Å². The molecule has 1 atom stereocenters. The number of sulfonamides is 1. The smallest absolute Gasteiger partial charge is 0.247 e. The van der Waals surface area contributed by atoms with Gasteiger partial charge >= 0.3 is 0 Å². The lowest BCUT2D eigenvalue weighted by Crippen LogP contribution is -2.68. The second-order valence-corrected chi connectivity index (χ2v) is 9.71. The van der Waals surface area contributed by atoms with E-state index in [0.29, 0.717) is 24.7 Å². The lowest BCUT2D eigenvalue weighted by molar-refractivity contribution is -0.0515. The molecule has 1 spiro atoms. The summed E-state index contributed by atoms with van der Waals surface area (Å²) in [5.41, 5.74) is -0.199. The Morgan fingerprint density at radius 1 is 1.46 bits per heavy atom. The lowest BCUT2D eigenvalue weighted by atomic mass is 9.63. The van der Waals surface area contributed by atoms with Crippen molar-refractivity contribution < 1.29 is 13.5 Å². The number of anilines is 1. The first-order valence-electron chi connectivity index (χ1n) is 9.33. The molecule has 1 aromatic heterocycles. The average molecular weight is 383 g/mol. The summed E-state index contributed by atoms with van der Waals surface area (Å²) in [5, 5.41) is 12.8. The predicted octanol–water partition coefficient (Wildman–Crippen LogP) is 1.37. The quantitative estimate of drug-likeness (QED) is 0.706. The summed E-state index contributed by atoms with van der Waals surface area (Å²) >= 11 is 0. The fraction of sp³-hybridized carbons (Fsp3) is 0.722. The molecule has 2 fully saturated rings. The summed E-state index contributed by atoms with van der Waals surface area (Å²) in [7, 11) is 0.514. The van der Waals surface area contributed by atoms with E-state index in [-0.39, 0.29) is 17.0 Å². The van der Waals surface area contributed by atoms with Crippen molar-refractivity contribution in [3.63, 3.8) is 0 Å². The molecule has 146 valence electrons. The minimum Gasteiger partial charge on any atom is -0.391 e. The Balaban J connectivity index is 1.75. The van der Waals surface area contributed by atoms with E-state index in [1.807, 2.05) is 6.92 Å². The van der Waals surface area contributed by atoms with Gasteiger partial charge in [-0.05, 0) is 57.8 Å². The zero-order valence-corrected chi connectivity index (χ0v) is 16.7. The molecular weight excluding hydrogens is 352 g/mol. The number of hydrogen-bond acceptors (Lipinski definition) is 6. The molecule has 1 saturated carbocycles. The maximum absolute atomic E-state index is 13.3. The first-order chi connectivity index (χ1) is 12.3. The van der Waals surface area contributed by atoms with Gasteiger partial charge in [0.1, 0.15) is 10.7 Å². The molecule has 7 nitrogen and oxygen atoms in total. The van der Waals surface area contributed by atoms with Gasteiger partial charge in [-0.2, -0.15) is 4.31 Å². The highest BCUT2D eigenvalue weighted by Gasteiger charge is 2.58. The van der Waals surface area contributed by atoms with Crippen LogP contribution in [0.1, 0.15) is 32.6 Å². The minimum atomic E-state index is -3.59. The van der Waals surface area contributed by atoms with Gasteiger partial charge in [0, 0.05) is 31.4 Å². The Labute approximate surface area is 156 Å². The molecule has 3 rings (SSSR count). The van der Waals surface area contributed by atoms with E-state index in [2.05, 4.69) is 29.3 Å². The van der Waals surface area contributed by atoms with Gasteiger partial charge in [-0.25, -0.2) is 13.4 Å². The molecule has 1 aliphatic carbocycles. The highest BCUT2D eigenvalue weighted by molar-refractivity contribution is 7.89. The second-order valence-electron chi connectivity index (χ2n) is 7.88. The van der Waals surface area contributed by atoms with Crippen LogP contribution >= 0.6 is 0 Å². The molecule has 1 aromatic rings. The SMILES string of the molecule is CC[C@H](O)CNc1ncccc1S(=O)(=O)N1CCC12CC(CN(C)C)C2. The third kappa shape index (κ3) is 3.60. The first kappa shape index (κ1) is 19.5. The minimum absolute atomic E-state index is 0.199. The fourth-order valence-electron chi connectivity index (χ4n) is 4.17. The molecule has 0 radical (unpaired) electrons. The van der Waals surface area contributed by atoms with E-state index in [1.54, 1.807) is 22.6 Å². The molecule has 1 aliphatic heterocycles. The van der Waals surface area contributed by atoms with Gasteiger partial charge in [0.15, 0.2) is 0 Å². The molecule has 1 saturated heterocycles. The summed E-state index contributed by atoms with van der Waals surface area (Å²) in [6, 6.07) is 3.25.